The van der Waals surface area contributed by atoms with Crippen LogP contribution in [0.15, 0.2) is 23.4 Å². The molecule has 0 saturated heterocycles. The maximum absolute atomic E-state index is 12.4. The standard InChI is InChI=1S/C19H25NO2/c1-18-8-7-14-12(13(18)5-6-17(18)22)4-3-11-9-16(21)15(20)10-19(11,14)2/h9-10,12-14H,3-8,20H2,1-2H3/t12-,13-,14-,18-,19-/m0/s1. The van der Waals surface area contributed by atoms with Crippen LogP contribution >= 0.6 is 0 Å². The zero-order chi connectivity index (χ0) is 15.7. The van der Waals surface area contributed by atoms with E-state index in [-0.39, 0.29) is 16.6 Å². The van der Waals surface area contributed by atoms with Crippen molar-refractivity contribution in [1.82, 2.24) is 0 Å². The van der Waals surface area contributed by atoms with Gasteiger partial charge < -0.3 is 5.73 Å². The SMILES string of the molecule is C[C@]12C=C(N)C(=O)C=C1CC[C@@H]1[C@@H]2CC[C@]2(C)C(=O)CC[C@@H]12. The topological polar surface area (TPSA) is 60.2 Å². The third-order valence-corrected chi connectivity index (χ3v) is 7.40. The zero-order valence-corrected chi connectivity index (χ0v) is 13.5. The van der Waals surface area contributed by atoms with Crippen molar-refractivity contribution in [3.05, 3.63) is 23.4 Å². The first-order chi connectivity index (χ1) is 10.4. The summed E-state index contributed by atoms with van der Waals surface area (Å²) < 4.78 is 0. The molecule has 0 aromatic rings. The number of ketones is 2. The predicted octanol–water partition coefficient (Wildman–Crippen LogP) is 3.15. The van der Waals surface area contributed by atoms with Gasteiger partial charge in [0.1, 0.15) is 5.78 Å². The van der Waals surface area contributed by atoms with Crippen LogP contribution in [-0.2, 0) is 9.59 Å². The van der Waals surface area contributed by atoms with E-state index >= 15 is 0 Å². The second kappa shape index (κ2) is 4.33. The molecule has 2 N–H and O–H groups in total. The quantitative estimate of drug-likeness (QED) is 0.747. The van der Waals surface area contributed by atoms with Crippen molar-refractivity contribution in [3.8, 4) is 0 Å². The minimum absolute atomic E-state index is 0.0254. The number of fused-ring (bicyclic) bond motifs is 5. The van der Waals surface area contributed by atoms with Gasteiger partial charge in [-0.1, -0.05) is 19.4 Å². The molecule has 4 aliphatic carbocycles. The molecule has 3 fully saturated rings. The molecule has 3 saturated carbocycles. The lowest BCUT2D eigenvalue weighted by atomic mass is 9.48. The van der Waals surface area contributed by atoms with E-state index in [9.17, 15) is 9.59 Å². The Labute approximate surface area is 132 Å². The lowest BCUT2D eigenvalue weighted by Crippen LogP contribution is -2.50. The largest absolute Gasteiger partial charge is 0.396 e. The normalized spacial score (nSPS) is 47.3. The van der Waals surface area contributed by atoms with Crippen LogP contribution in [0.1, 0.15) is 52.4 Å². The molecule has 0 bridgehead atoms. The zero-order valence-electron chi connectivity index (χ0n) is 13.5. The van der Waals surface area contributed by atoms with Crippen molar-refractivity contribution in [3.63, 3.8) is 0 Å². The summed E-state index contributed by atoms with van der Waals surface area (Å²) in [5, 5.41) is 0. The molecule has 4 aliphatic rings. The van der Waals surface area contributed by atoms with Crippen molar-refractivity contribution in [2.45, 2.75) is 52.4 Å². The second-order valence-corrected chi connectivity index (χ2v) is 8.25. The summed E-state index contributed by atoms with van der Waals surface area (Å²) in [7, 11) is 0. The van der Waals surface area contributed by atoms with E-state index in [1.54, 1.807) is 6.08 Å². The molecule has 0 unspecified atom stereocenters. The van der Waals surface area contributed by atoms with Crippen molar-refractivity contribution < 1.29 is 9.59 Å². The highest BCUT2D eigenvalue weighted by Gasteiger charge is 2.58. The average Bonchev–Trinajstić information content (AvgIpc) is 2.77. The Morgan fingerprint density at radius 3 is 2.64 bits per heavy atom. The molecular weight excluding hydrogens is 274 g/mol. The number of hydrogen-bond acceptors (Lipinski definition) is 3. The van der Waals surface area contributed by atoms with Crippen LogP contribution in [0.5, 0.6) is 0 Å². The highest BCUT2D eigenvalue weighted by Crippen LogP contribution is 2.63. The Morgan fingerprint density at radius 1 is 1.09 bits per heavy atom. The Hall–Kier alpha value is -1.38. The van der Waals surface area contributed by atoms with Crippen molar-refractivity contribution in [1.29, 1.82) is 0 Å². The highest BCUT2D eigenvalue weighted by molar-refractivity contribution is 6.05. The molecular formula is C19H25NO2. The number of Topliss-reactive ketones (excluding diaryl/α,β-unsaturated/α-hetero) is 1. The van der Waals surface area contributed by atoms with Crippen molar-refractivity contribution in [2.24, 2.45) is 34.3 Å². The molecule has 0 spiro atoms. The molecule has 0 aromatic heterocycles. The maximum atomic E-state index is 12.4. The van der Waals surface area contributed by atoms with E-state index < -0.39 is 0 Å². The van der Waals surface area contributed by atoms with Gasteiger partial charge in [-0.15, -0.1) is 0 Å². The fourth-order valence-electron chi connectivity index (χ4n) is 6.10. The lowest BCUT2D eigenvalue weighted by molar-refractivity contribution is -0.131. The maximum Gasteiger partial charge on any atom is 0.201 e. The third-order valence-electron chi connectivity index (χ3n) is 7.40. The summed E-state index contributed by atoms with van der Waals surface area (Å²) in [6, 6.07) is 0. The second-order valence-electron chi connectivity index (χ2n) is 8.25. The Balaban J connectivity index is 1.74. The first kappa shape index (κ1) is 14.2. The minimum Gasteiger partial charge on any atom is -0.396 e. The Morgan fingerprint density at radius 2 is 1.86 bits per heavy atom. The van der Waals surface area contributed by atoms with Gasteiger partial charge in [0, 0.05) is 17.3 Å². The smallest absolute Gasteiger partial charge is 0.201 e. The fourth-order valence-corrected chi connectivity index (χ4v) is 6.10. The fraction of sp³-hybridized carbons (Fsp3) is 0.684. The molecule has 0 radical (unpaired) electrons. The van der Waals surface area contributed by atoms with Gasteiger partial charge in [0.05, 0.1) is 5.70 Å². The Bertz CT molecular complexity index is 631. The van der Waals surface area contributed by atoms with Crippen LogP contribution in [-0.4, -0.2) is 11.6 Å². The van der Waals surface area contributed by atoms with Gasteiger partial charge in [-0.3, -0.25) is 9.59 Å². The summed E-state index contributed by atoms with van der Waals surface area (Å²) >= 11 is 0. The van der Waals surface area contributed by atoms with Crippen LogP contribution in [0.4, 0.5) is 0 Å². The van der Waals surface area contributed by atoms with Gasteiger partial charge in [0.15, 0.2) is 0 Å². The molecule has 3 heteroatoms. The van der Waals surface area contributed by atoms with E-state index in [4.69, 9.17) is 5.73 Å². The lowest BCUT2D eigenvalue weighted by Gasteiger charge is -2.55. The molecule has 0 aliphatic heterocycles. The van der Waals surface area contributed by atoms with Gasteiger partial charge in [-0.25, -0.2) is 0 Å². The molecule has 0 aromatic carbocycles. The third kappa shape index (κ3) is 1.63. The molecule has 0 amide bonds. The van der Waals surface area contributed by atoms with Crippen LogP contribution in [0.3, 0.4) is 0 Å². The number of rotatable bonds is 0. The number of carbonyl (C=O) groups is 2. The molecule has 118 valence electrons. The van der Waals surface area contributed by atoms with Crippen LogP contribution in [0.25, 0.3) is 0 Å². The van der Waals surface area contributed by atoms with Crippen LogP contribution < -0.4 is 5.73 Å². The molecule has 0 heterocycles. The van der Waals surface area contributed by atoms with Crippen molar-refractivity contribution >= 4 is 11.6 Å². The van der Waals surface area contributed by atoms with Gasteiger partial charge in [0.25, 0.3) is 0 Å². The number of nitrogens with two attached hydrogens (primary N) is 1. The molecule has 5 atom stereocenters. The van der Waals surface area contributed by atoms with Gasteiger partial charge in [0.2, 0.25) is 5.78 Å². The minimum atomic E-state index is -0.0848. The first-order valence-corrected chi connectivity index (χ1v) is 8.63. The summed E-state index contributed by atoms with van der Waals surface area (Å²) in [5.74, 6) is 2.12. The van der Waals surface area contributed by atoms with E-state index in [1.807, 2.05) is 6.08 Å². The number of allylic oxidation sites excluding steroid dienone is 3. The molecule has 3 nitrogen and oxygen atoms in total. The van der Waals surface area contributed by atoms with Crippen LogP contribution in [0, 0.1) is 28.6 Å². The summed E-state index contributed by atoms with van der Waals surface area (Å²) in [6.07, 6.45) is 9.83. The van der Waals surface area contributed by atoms with Gasteiger partial charge >= 0.3 is 0 Å². The number of hydrogen-bond donors (Lipinski definition) is 1. The number of carbonyl (C=O) groups excluding carboxylic acids is 2. The van der Waals surface area contributed by atoms with Crippen LogP contribution in [0.2, 0.25) is 0 Å². The van der Waals surface area contributed by atoms with E-state index in [0.29, 0.717) is 29.2 Å². The van der Waals surface area contributed by atoms with Gasteiger partial charge in [-0.05, 0) is 62.0 Å². The molecule has 22 heavy (non-hydrogen) atoms. The van der Waals surface area contributed by atoms with E-state index in [1.165, 1.54) is 5.57 Å². The first-order valence-electron chi connectivity index (χ1n) is 8.63. The average molecular weight is 299 g/mol. The summed E-state index contributed by atoms with van der Waals surface area (Å²) in [6.45, 7) is 4.46. The summed E-state index contributed by atoms with van der Waals surface area (Å²) in [5.41, 5.74) is 7.47. The van der Waals surface area contributed by atoms with Crippen molar-refractivity contribution in [2.75, 3.05) is 0 Å². The predicted molar refractivity (Wildman–Crippen MR) is 84.8 cm³/mol. The monoisotopic (exact) mass is 299 g/mol. The molecule has 4 rings (SSSR count). The van der Waals surface area contributed by atoms with E-state index in [2.05, 4.69) is 13.8 Å². The Kier molecular flexibility index (Phi) is 2.80. The summed E-state index contributed by atoms with van der Waals surface area (Å²) in [4.78, 5) is 24.3. The van der Waals surface area contributed by atoms with E-state index in [0.717, 1.165) is 38.5 Å². The van der Waals surface area contributed by atoms with Gasteiger partial charge in [-0.2, -0.15) is 0 Å². The highest BCUT2D eigenvalue weighted by atomic mass is 16.1.